The zero-order valence-corrected chi connectivity index (χ0v) is 12.6. The first-order valence-electron chi connectivity index (χ1n) is 7.47. The zero-order valence-electron chi connectivity index (χ0n) is 12.6. The van der Waals surface area contributed by atoms with E-state index in [1.165, 1.54) is 0 Å². The Bertz CT molecular complexity index is 465. The molecular formula is C16H24N2O3. The molecule has 21 heavy (non-hydrogen) atoms. The first-order chi connectivity index (χ1) is 10.2. The fourth-order valence-electron chi connectivity index (χ4n) is 2.49. The maximum atomic E-state index is 12.5. The van der Waals surface area contributed by atoms with Crippen LogP contribution in [0.5, 0.6) is 5.75 Å². The maximum absolute atomic E-state index is 12.5. The summed E-state index contributed by atoms with van der Waals surface area (Å²) in [5.74, 6) is 0.755. The standard InChI is InChI=1S/C16H24N2O3/c1-20-9-4-10-21-15-7-2-5-13(11-15)16(19)18-8-3-6-14(17)12-18/h2,5,7,11,14H,3-4,6,8-10,12,17H2,1H3. The van der Waals surface area contributed by atoms with Crippen molar-refractivity contribution >= 4 is 5.91 Å². The Morgan fingerprint density at radius 1 is 1.43 bits per heavy atom. The Labute approximate surface area is 126 Å². The molecule has 1 saturated heterocycles. The Balaban J connectivity index is 1.94. The largest absolute Gasteiger partial charge is 0.493 e. The van der Waals surface area contributed by atoms with Crippen molar-refractivity contribution in [1.29, 1.82) is 0 Å². The molecule has 0 radical (unpaired) electrons. The number of carbonyl (C=O) groups excluding carboxylic acids is 1. The van der Waals surface area contributed by atoms with E-state index < -0.39 is 0 Å². The summed E-state index contributed by atoms with van der Waals surface area (Å²) in [7, 11) is 1.67. The van der Waals surface area contributed by atoms with Gasteiger partial charge in [-0.3, -0.25) is 4.79 Å². The molecule has 2 N–H and O–H groups in total. The number of hydrogen-bond donors (Lipinski definition) is 1. The van der Waals surface area contributed by atoms with Gasteiger partial charge >= 0.3 is 0 Å². The van der Waals surface area contributed by atoms with Crippen LogP contribution in [0.15, 0.2) is 24.3 Å². The molecule has 1 unspecified atom stereocenters. The number of hydrogen-bond acceptors (Lipinski definition) is 4. The van der Waals surface area contributed by atoms with Gasteiger partial charge in [-0.25, -0.2) is 0 Å². The third-order valence-corrected chi connectivity index (χ3v) is 3.59. The van der Waals surface area contributed by atoms with Gasteiger partial charge in [-0.05, 0) is 31.0 Å². The summed E-state index contributed by atoms with van der Waals surface area (Å²) in [6.45, 7) is 2.67. The maximum Gasteiger partial charge on any atom is 0.254 e. The van der Waals surface area contributed by atoms with Gasteiger partial charge in [-0.2, -0.15) is 0 Å². The molecule has 5 nitrogen and oxygen atoms in total. The summed E-state index contributed by atoms with van der Waals surface area (Å²) in [5.41, 5.74) is 6.60. The van der Waals surface area contributed by atoms with E-state index in [-0.39, 0.29) is 11.9 Å². The fourth-order valence-corrected chi connectivity index (χ4v) is 2.49. The Morgan fingerprint density at radius 3 is 3.05 bits per heavy atom. The molecule has 0 aliphatic carbocycles. The average molecular weight is 292 g/mol. The van der Waals surface area contributed by atoms with E-state index in [0.717, 1.165) is 31.6 Å². The topological polar surface area (TPSA) is 64.8 Å². The lowest BCUT2D eigenvalue weighted by Crippen LogP contribution is -2.45. The van der Waals surface area contributed by atoms with Gasteiger partial charge < -0.3 is 20.1 Å². The van der Waals surface area contributed by atoms with Crippen LogP contribution in [0.3, 0.4) is 0 Å². The quantitative estimate of drug-likeness (QED) is 0.810. The minimum absolute atomic E-state index is 0.0347. The zero-order chi connectivity index (χ0) is 15.1. The molecular weight excluding hydrogens is 268 g/mol. The Morgan fingerprint density at radius 2 is 2.29 bits per heavy atom. The van der Waals surface area contributed by atoms with Crippen LogP contribution in [0.4, 0.5) is 0 Å². The fraction of sp³-hybridized carbons (Fsp3) is 0.562. The van der Waals surface area contributed by atoms with Crippen molar-refractivity contribution in [2.24, 2.45) is 5.73 Å². The van der Waals surface area contributed by atoms with Crippen molar-refractivity contribution in [3.63, 3.8) is 0 Å². The van der Waals surface area contributed by atoms with Crippen molar-refractivity contribution in [3.8, 4) is 5.75 Å². The number of likely N-dealkylation sites (tertiary alicyclic amines) is 1. The van der Waals surface area contributed by atoms with E-state index in [1.54, 1.807) is 13.2 Å². The molecule has 0 aromatic heterocycles. The molecule has 5 heteroatoms. The minimum atomic E-state index is 0.0347. The lowest BCUT2D eigenvalue weighted by molar-refractivity contribution is 0.0708. The van der Waals surface area contributed by atoms with Crippen LogP contribution in [-0.2, 0) is 4.74 Å². The van der Waals surface area contributed by atoms with Crippen LogP contribution >= 0.6 is 0 Å². The molecule has 1 aliphatic heterocycles. The van der Waals surface area contributed by atoms with Crippen LogP contribution in [0.1, 0.15) is 29.6 Å². The van der Waals surface area contributed by atoms with Crippen LogP contribution < -0.4 is 10.5 Å². The Kier molecular flexibility index (Phi) is 6.02. The molecule has 1 heterocycles. The van der Waals surface area contributed by atoms with E-state index in [4.69, 9.17) is 15.2 Å². The van der Waals surface area contributed by atoms with Gasteiger partial charge in [0.1, 0.15) is 5.75 Å². The molecule has 116 valence electrons. The molecule has 1 fully saturated rings. The average Bonchev–Trinajstić information content (AvgIpc) is 2.51. The molecule has 2 rings (SSSR count). The summed E-state index contributed by atoms with van der Waals surface area (Å²) in [6, 6.07) is 7.43. The predicted molar refractivity (Wildman–Crippen MR) is 81.5 cm³/mol. The molecule has 0 spiro atoms. The third-order valence-electron chi connectivity index (χ3n) is 3.59. The number of amides is 1. The summed E-state index contributed by atoms with van der Waals surface area (Å²) in [4.78, 5) is 14.3. The van der Waals surface area contributed by atoms with Crippen LogP contribution in [0, 0.1) is 0 Å². The van der Waals surface area contributed by atoms with Gasteiger partial charge in [0, 0.05) is 44.8 Å². The second-order valence-corrected chi connectivity index (χ2v) is 5.38. The molecule has 0 bridgehead atoms. The summed E-state index contributed by atoms with van der Waals surface area (Å²) in [5, 5.41) is 0. The van der Waals surface area contributed by atoms with E-state index in [2.05, 4.69) is 0 Å². The number of nitrogens with two attached hydrogens (primary N) is 1. The second kappa shape index (κ2) is 8.00. The number of nitrogens with zero attached hydrogens (tertiary/aromatic N) is 1. The SMILES string of the molecule is COCCCOc1cccc(C(=O)N2CCCC(N)C2)c1. The molecule has 0 saturated carbocycles. The van der Waals surface area contributed by atoms with Gasteiger partial charge in [-0.15, -0.1) is 0 Å². The molecule has 1 aromatic carbocycles. The highest BCUT2D eigenvalue weighted by Gasteiger charge is 2.22. The van der Waals surface area contributed by atoms with Crippen LogP contribution in [-0.4, -0.2) is 50.3 Å². The highest BCUT2D eigenvalue weighted by Crippen LogP contribution is 2.17. The summed E-state index contributed by atoms with van der Waals surface area (Å²) >= 11 is 0. The van der Waals surface area contributed by atoms with Crippen LogP contribution in [0.25, 0.3) is 0 Å². The molecule has 1 amide bonds. The minimum Gasteiger partial charge on any atom is -0.493 e. The highest BCUT2D eigenvalue weighted by molar-refractivity contribution is 5.94. The molecule has 1 aliphatic rings. The van der Waals surface area contributed by atoms with Crippen molar-refractivity contribution in [2.45, 2.75) is 25.3 Å². The van der Waals surface area contributed by atoms with Gasteiger partial charge in [-0.1, -0.05) is 6.07 Å². The lowest BCUT2D eigenvalue weighted by atomic mass is 10.1. The van der Waals surface area contributed by atoms with Crippen molar-refractivity contribution < 1.29 is 14.3 Å². The Hall–Kier alpha value is -1.59. The number of methoxy groups -OCH3 is 1. The van der Waals surface area contributed by atoms with E-state index >= 15 is 0 Å². The second-order valence-electron chi connectivity index (χ2n) is 5.38. The summed E-state index contributed by atoms with van der Waals surface area (Å²) < 4.78 is 10.6. The predicted octanol–water partition coefficient (Wildman–Crippen LogP) is 1.67. The van der Waals surface area contributed by atoms with E-state index in [1.807, 2.05) is 23.1 Å². The van der Waals surface area contributed by atoms with Crippen LogP contribution in [0.2, 0.25) is 0 Å². The number of carbonyl (C=O) groups is 1. The first-order valence-corrected chi connectivity index (χ1v) is 7.47. The monoisotopic (exact) mass is 292 g/mol. The number of ether oxygens (including phenoxy) is 2. The first kappa shape index (κ1) is 15.8. The van der Waals surface area contributed by atoms with Gasteiger partial charge in [0.15, 0.2) is 0 Å². The van der Waals surface area contributed by atoms with Gasteiger partial charge in [0.05, 0.1) is 6.61 Å². The van der Waals surface area contributed by atoms with Crippen molar-refractivity contribution in [2.75, 3.05) is 33.4 Å². The highest BCUT2D eigenvalue weighted by atomic mass is 16.5. The molecule has 1 atom stereocenters. The third kappa shape index (κ3) is 4.72. The van der Waals surface area contributed by atoms with Crippen molar-refractivity contribution in [3.05, 3.63) is 29.8 Å². The summed E-state index contributed by atoms with van der Waals surface area (Å²) in [6.07, 6.45) is 2.79. The lowest BCUT2D eigenvalue weighted by Gasteiger charge is -2.30. The molecule has 1 aromatic rings. The number of piperidine rings is 1. The smallest absolute Gasteiger partial charge is 0.254 e. The van der Waals surface area contributed by atoms with E-state index in [0.29, 0.717) is 25.3 Å². The van der Waals surface area contributed by atoms with Crippen molar-refractivity contribution in [1.82, 2.24) is 4.90 Å². The van der Waals surface area contributed by atoms with Gasteiger partial charge in [0.25, 0.3) is 5.91 Å². The number of benzene rings is 1. The van der Waals surface area contributed by atoms with Gasteiger partial charge in [0.2, 0.25) is 0 Å². The number of rotatable bonds is 6. The van der Waals surface area contributed by atoms with E-state index in [9.17, 15) is 4.79 Å². The normalized spacial score (nSPS) is 18.6.